The van der Waals surface area contributed by atoms with Crippen LogP contribution in [0.15, 0.2) is 53.5 Å². The summed E-state index contributed by atoms with van der Waals surface area (Å²) in [4.78, 5) is 31.6. The summed E-state index contributed by atoms with van der Waals surface area (Å²) in [6.45, 7) is 5.91. The van der Waals surface area contributed by atoms with Gasteiger partial charge in [0.2, 0.25) is 0 Å². The monoisotopic (exact) mass is 476 g/mol. The van der Waals surface area contributed by atoms with E-state index in [4.69, 9.17) is 9.73 Å². The first kappa shape index (κ1) is 25.0. The van der Waals surface area contributed by atoms with Gasteiger partial charge in [0.15, 0.2) is 5.60 Å². The van der Waals surface area contributed by atoms with Crippen molar-refractivity contribution in [3.05, 3.63) is 54.1 Å². The van der Waals surface area contributed by atoms with E-state index >= 15 is 0 Å². The molecule has 2 aliphatic rings. The van der Waals surface area contributed by atoms with Gasteiger partial charge in [-0.3, -0.25) is 14.7 Å². The smallest absolute Gasteiger partial charge is 0.347 e. The van der Waals surface area contributed by atoms with Crippen LogP contribution in [0.25, 0.3) is 11.1 Å². The number of carbonyl (C=O) groups excluding carboxylic acids is 1. The molecule has 0 saturated heterocycles. The van der Waals surface area contributed by atoms with E-state index < -0.39 is 17.1 Å². The van der Waals surface area contributed by atoms with Gasteiger partial charge in [-0.05, 0) is 68.4 Å². The number of benzene rings is 2. The summed E-state index contributed by atoms with van der Waals surface area (Å²) in [7, 11) is 0. The fraction of sp³-hybridized carbons (Fsp3) is 0.483. The van der Waals surface area contributed by atoms with Gasteiger partial charge in [-0.25, -0.2) is 4.79 Å². The molecule has 1 aliphatic carbocycles. The predicted octanol–water partition coefficient (Wildman–Crippen LogP) is 5.88. The van der Waals surface area contributed by atoms with Crippen LogP contribution in [-0.4, -0.2) is 45.4 Å². The quantitative estimate of drug-likeness (QED) is 0.464. The molecule has 186 valence electrons. The summed E-state index contributed by atoms with van der Waals surface area (Å²) in [6.07, 6.45) is 7.76. The Bertz CT molecular complexity index is 1100. The summed E-state index contributed by atoms with van der Waals surface area (Å²) < 4.78 is 5.68. The number of carboxylic acid groups (broad SMARTS) is 1. The van der Waals surface area contributed by atoms with Gasteiger partial charge in [0.05, 0.1) is 0 Å². The molecule has 1 N–H and O–H groups in total. The molecule has 1 heterocycles. The third-order valence-corrected chi connectivity index (χ3v) is 7.12. The minimum Gasteiger partial charge on any atom is -0.478 e. The number of ether oxygens (including phenoxy) is 1. The minimum absolute atomic E-state index is 0.207. The van der Waals surface area contributed by atoms with Crippen molar-refractivity contribution < 1.29 is 19.4 Å². The molecule has 6 heteroatoms. The topological polar surface area (TPSA) is 79.2 Å². The molecule has 0 aromatic heterocycles. The molecular weight excluding hydrogens is 440 g/mol. The Balaban J connectivity index is 1.43. The Kier molecular flexibility index (Phi) is 7.29. The number of carbonyl (C=O) groups is 2. The summed E-state index contributed by atoms with van der Waals surface area (Å²) in [6, 6.07) is 15.8. The highest BCUT2D eigenvalue weighted by Gasteiger charge is 2.49. The molecule has 2 aromatic carbocycles. The number of hydrogen-bond acceptors (Lipinski definition) is 4. The van der Waals surface area contributed by atoms with Gasteiger partial charge in [-0.2, -0.15) is 0 Å². The van der Waals surface area contributed by atoms with Crippen molar-refractivity contribution in [2.45, 2.75) is 83.3 Å². The fourth-order valence-electron chi connectivity index (χ4n) is 4.95. The zero-order chi connectivity index (χ0) is 25.1. The van der Waals surface area contributed by atoms with Gasteiger partial charge in [-0.15, -0.1) is 0 Å². The maximum absolute atomic E-state index is 13.3. The van der Waals surface area contributed by atoms with E-state index in [1.165, 1.54) is 19.4 Å². The van der Waals surface area contributed by atoms with Crippen LogP contribution in [0.5, 0.6) is 5.75 Å². The first-order chi connectivity index (χ1) is 16.7. The number of hydrogen-bond donors (Lipinski definition) is 1. The predicted molar refractivity (Wildman–Crippen MR) is 138 cm³/mol. The SMILES string of the molecule is CCCCC1=NC2(CCCC2)C(=O)N1CCc1ccc(-c2cccc(OC(C)(C)C(=O)O)c2)cc1. The number of carboxylic acids is 1. The molecule has 4 rings (SSSR count). The van der Waals surface area contributed by atoms with Crippen LogP contribution in [0.2, 0.25) is 0 Å². The normalized spacial score (nSPS) is 17.2. The van der Waals surface area contributed by atoms with Crippen LogP contribution in [0.1, 0.15) is 71.3 Å². The van der Waals surface area contributed by atoms with Gasteiger partial charge in [0.25, 0.3) is 5.91 Å². The number of unbranched alkanes of at least 4 members (excludes halogenated alkanes) is 1. The van der Waals surface area contributed by atoms with E-state index in [1.807, 2.05) is 23.1 Å². The highest BCUT2D eigenvalue weighted by atomic mass is 16.5. The van der Waals surface area contributed by atoms with E-state index in [9.17, 15) is 14.7 Å². The molecule has 1 saturated carbocycles. The van der Waals surface area contributed by atoms with Crippen molar-refractivity contribution in [1.29, 1.82) is 0 Å². The zero-order valence-electron chi connectivity index (χ0n) is 21.0. The summed E-state index contributed by atoms with van der Waals surface area (Å²) in [5, 5.41) is 9.33. The Morgan fingerprint density at radius 3 is 2.46 bits per heavy atom. The van der Waals surface area contributed by atoms with Crippen LogP contribution in [-0.2, 0) is 16.0 Å². The number of amidine groups is 1. The second kappa shape index (κ2) is 10.2. The molecule has 1 fully saturated rings. The van der Waals surface area contributed by atoms with Gasteiger partial charge in [0.1, 0.15) is 17.1 Å². The van der Waals surface area contributed by atoms with E-state index in [0.717, 1.165) is 68.3 Å². The fourth-order valence-corrected chi connectivity index (χ4v) is 4.95. The number of amides is 1. The van der Waals surface area contributed by atoms with Crippen LogP contribution in [0.4, 0.5) is 0 Å². The maximum Gasteiger partial charge on any atom is 0.347 e. The maximum atomic E-state index is 13.3. The number of nitrogens with zero attached hydrogens (tertiary/aromatic N) is 2. The average Bonchev–Trinajstić information content (AvgIpc) is 3.41. The van der Waals surface area contributed by atoms with Gasteiger partial charge >= 0.3 is 5.97 Å². The third kappa shape index (κ3) is 5.42. The molecule has 35 heavy (non-hydrogen) atoms. The molecule has 6 nitrogen and oxygen atoms in total. The number of aliphatic imine (C=N–C) groups is 1. The molecule has 0 unspecified atom stereocenters. The number of rotatable bonds is 10. The second-order valence-corrected chi connectivity index (χ2v) is 10.2. The van der Waals surface area contributed by atoms with E-state index in [2.05, 4.69) is 31.2 Å². The molecular formula is C29H36N2O4. The van der Waals surface area contributed by atoms with Crippen molar-refractivity contribution >= 4 is 17.7 Å². The first-order valence-electron chi connectivity index (χ1n) is 12.8. The lowest BCUT2D eigenvalue weighted by Gasteiger charge is -2.22. The Labute approximate surface area is 208 Å². The van der Waals surface area contributed by atoms with Crippen molar-refractivity contribution in [2.75, 3.05) is 6.54 Å². The zero-order valence-corrected chi connectivity index (χ0v) is 21.0. The summed E-state index contributed by atoms with van der Waals surface area (Å²) in [5.74, 6) is 0.701. The first-order valence-corrected chi connectivity index (χ1v) is 12.8. The lowest BCUT2D eigenvalue weighted by molar-refractivity contribution is -0.152. The molecule has 1 amide bonds. The van der Waals surface area contributed by atoms with E-state index in [-0.39, 0.29) is 5.91 Å². The van der Waals surface area contributed by atoms with Crippen LogP contribution < -0.4 is 4.74 Å². The molecule has 0 bridgehead atoms. The largest absolute Gasteiger partial charge is 0.478 e. The number of aliphatic carboxylic acids is 1. The average molecular weight is 477 g/mol. The minimum atomic E-state index is -1.30. The summed E-state index contributed by atoms with van der Waals surface area (Å²) in [5.41, 5.74) is 1.38. The van der Waals surface area contributed by atoms with Crippen LogP contribution >= 0.6 is 0 Å². The molecule has 2 aromatic rings. The van der Waals surface area contributed by atoms with E-state index in [1.54, 1.807) is 6.07 Å². The van der Waals surface area contributed by atoms with Gasteiger partial charge < -0.3 is 9.84 Å². The van der Waals surface area contributed by atoms with Crippen molar-refractivity contribution in [1.82, 2.24) is 4.90 Å². The molecule has 1 aliphatic heterocycles. The Hall–Kier alpha value is -3.15. The highest BCUT2D eigenvalue weighted by Crippen LogP contribution is 2.39. The Morgan fingerprint density at radius 2 is 1.80 bits per heavy atom. The third-order valence-electron chi connectivity index (χ3n) is 7.12. The van der Waals surface area contributed by atoms with Gasteiger partial charge in [-0.1, -0.05) is 62.6 Å². The van der Waals surface area contributed by atoms with Crippen molar-refractivity contribution in [3.63, 3.8) is 0 Å². The second-order valence-electron chi connectivity index (χ2n) is 10.2. The molecule has 1 spiro atoms. The molecule has 0 atom stereocenters. The van der Waals surface area contributed by atoms with Crippen molar-refractivity contribution in [2.24, 2.45) is 4.99 Å². The van der Waals surface area contributed by atoms with Crippen molar-refractivity contribution in [3.8, 4) is 16.9 Å². The van der Waals surface area contributed by atoms with Gasteiger partial charge in [0, 0.05) is 13.0 Å². The van der Waals surface area contributed by atoms with Crippen LogP contribution in [0.3, 0.4) is 0 Å². The Morgan fingerprint density at radius 1 is 1.09 bits per heavy atom. The molecule has 0 radical (unpaired) electrons. The lowest BCUT2D eigenvalue weighted by atomic mass is 9.98. The summed E-state index contributed by atoms with van der Waals surface area (Å²) >= 11 is 0. The van der Waals surface area contributed by atoms with Crippen LogP contribution in [0, 0.1) is 0 Å². The highest BCUT2D eigenvalue weighted by molar-refractivity contribution is 6.08. The standard InChI is InChI=1S/C29H36N2O4/c1-4-5-11-25-30-29(17-6-7-18-29)26(32)31(25)19-16-21-12-14-22(15-13-21)23-9-8-10-24(20-23)35-28(2,3)27(33)34/h8-10,12-15,20H,4-7,11,16-19H2,1-3H3,(H,33,34). The lowest BCUT2D eigenvalue weighted by Crippen LogP contribution is -2.42. The van der Waals surface area contributed by atoms with E-state index in [0.29, 0.717) is 12.3 Å².